The number of halogens is 2. The van der Waals surface area contributed by atoms with Crippen molar-refractivity contribution in [2.45, 2.75) is 59.2 Å². The van der Waals surface area contributed by atoms with Crippen molar-refractivity contribution in [3.63, 3.8) is 0 Å². The van der Waals surface area contributed by atoms with Gasteiger partial charge in [0, 0.05) is 17.1 Å². The number of benzene rings is 2. The van der Waals surface area contributed by atoms with Crippen molar-refractivity contribution in [3.05, 3.63) is 63.6 Å². The van der Waals surface area contributed by atoms with Gasteiger partial charge in [-0.1, -0.05) is 60.0 Å². The highest BCUT2D eigenvalue weighted by Crippen LogP contribution is 2.31. The van der Waals surface area contributed by atoms with Gasteiger partial charge in [-0.2, -0.15) is 0 Å². The maximum Gasteiger partial charge on any atom is 0.244 e. The summed E-state index contributed by atoms with van der Waals surface area (Å²) in [6.07, 6.45) is 1.34. The number of amides is 2. The minimum absolute atomic E-state index is 0.0949. The number of carbonyl (C=O) groups excluding carboxylic acids is 2. The van der Waals surface area contributed by atoms with Gasteiger partial charge in [0.1, 0.15) is 12.6 Å². The van der Waals surface area contributed by atoms with Crippen LogP contribution >= 0.6 is 23.2 Å². The molecule has 0 heterocycles. The van der Waals surface area contributed by atoms with E-state index < -0.39 is 34.1 Å². The average molecular weight is 543 g/mol. The highest BCUT2D eigenvalue weighted by molar-refractivity contribution is 7.92. The lowest BCUT2D eigenvalue weighted by Gasteiger charge is -2.34. The summed E-state index contributed by atoms with van der Waals surface area (Å²) < 4.78 is 26.3. The summed E-state index contributed by atoms with van der Waals surface area (Å²) in [7, 11) is -3.90. The molecule has 0 spiro atoms. The van der Waals surface area contributed by atoms with Gasteiger partial charge in [0.25, 0.3) is 0 Å². The van der Waals surface area contributed by atoms with Crippen molar-refractivity contribution in [3.8, 4) is 0 Å². The first-order valence-corrected chi connectivity index (χ1v) is 13.8. The van der Waals surface area contributed by atoms with Gasteiger partial charge in [-0.15, -0.1) is 0 Å². The van der Waals surface area contributed by atoms with Crippen LogP contribution in [0.25, 0.3) is 0 Å². The fraction of sp³-hybridized carbons (Fsp3) is 0.440. The zero-order valence-electron chi connectivity index (χ0n) is 20.9. The molecule has 0 saturated carbocycles. The summed E-state index contributed by atoms with van der Waals surface area (Å²) in [5, 5.41) is 3.34. The van der Waals surface area contributed by atoms with Gasteiger partial charge >= 0.3 is 0 Å². The van der Waals surface area contributed by atoms with Crippen LogP contribution in [0.1, 0.15) is 45.2 Å². The molecule has 0 saturated heterocycles. The van der Waals surface area contributed by atoms with E-state index in [0.717, 1.165) is 21.7 Å². The smallest absolute Gasteiger partial charge is 0.244 e. The first-order chi connectivity index (χ1) is 16.1. The number of nitrogens with one attached hydrogen (secondary N) is 1. The molecular weight excluding hydrogens is 509 g/mol. The lowest BCUT2D eigenvalue weighted by Crippen LogP contribution is -2.55. The van der Waals surface area contributed by atoms with E-state index in [1.165, 1.54) is 23.1 Å². The lowest BCUT2D eigenvalue weighted by atomic mass is 10.1. The molecule has 1 N–H and O–H groups in total. The summed E-state index contributed by atoms with van der Waals surface area (Å²) in [5.41, 5.74) is 1.47. The van der Waals surface area contributed by atoms with Crippen molar-refractivity contribution in [2.75, 3.05) is 17.1 Å². The number of aryl methyl sites for hydroxylation is 1. The van der Waals surface area contributed by atoms with Gasteiger partial charge < -0.3 is 10.2 Å². The zero-order valence-corrected chi connectivity index (χ0v) is 23.3. The minimum Gasteiger partial charge on any atom is -0.350 e. The Morgan fingerprint density at radius 2 is 1.66 bits per heavy atom. The van der Waals surface area contributed by atoms with E-state index in [1.807, 2.05) is 58.9 Å². The number of hydrogen-bond donors (Lipinski definition) is 1. The third-order valence-corrected chi connectivity index (χ3v) is 6.89. The molecule has 0 radical (unpaired) electrons. The van der Waals surface area contributed by atoms with Gasteiger partial charge in [0.2, 0.25) is 21.8 Å². The standard InChI is InChI=1S/C25H33Cl2N3O4S/c1-7-21(24(32)28-25(3,4)5)29(15-18-10-8-17(2)9-11-18)23(31)16-30(35(6,33)34)22-14-19(26)12-13-20(22)27/h8-14,21H,7,15-16H2,1-6H3,(H,28,32)/t21-/m1/s1. The van der Waals surface area contributed by atoms with Gasteiger partial charge in [-0.3, -0.25) is 13.9 Å². The molecule has 0 aromatic heterocycles. The highest BCUT2D eigenvalue weighted by atomic mass is 35.5. The fourth-order valence-electron chi connectivity index (χ4n) is 3.53. The summed E-state index contributed by atoms with van der Waals surface area (Å²) in [4.78, 5) is 28.3. The van der Waals surface area contributed by atoms with E-state index in [-0.39, 0.29) is 28.2 Å². The minimum atomic E-state index is -3.90. The Hall–Kier alpha value is -2.29. The number of rotatable bonds is 9. The lowest BCUT2D eigenvalue weighted by molar-refractivity contribution is -0.141. The molecule has 2 amide bonds. The highest BCUT2D eigenvalue weighted by Gasteiger charge is 2.33. The molecule has 2 aromatic carbocycles. The molecule has 7 nitrogen and oxygen atoms in total. The van der Waals surface area contributed by atoms with Crippen LogP contribution in [0.2, 0.25) is 10.0 Å². The maximum absolute atomic E-state index is 13.7. The first kappa shape index (κ1) is 28.9. The van der Waals surface area contributed by atoms with Crippen LogP contribution in [-0.4, -0.2) is 49.5 Å². The average Bonchev–Trinajstić information content (AvgIpc) is 2.73. The molecule has 0 bridgehead atoms. The Balaban J connectivity index is 2.49. The topological polar surface area (TPSA) is 86.8 Å². The molecule has 192 valence electrons. The van der Waals surface area contributed by atoms with E-state index in [1.54, 1.807) is 0 Å². The number of hydrogen-bond acceptors (Lipinski definition) is 4. The predicted octanol–water partition coefficient (Wildman–Crippen LogP) is 4.79. The zero-order chi connectivity index (χ0) is 26.6. The molecule has 0 fully saturated rings. The second kappa shape index (κ2) is 11.6. The first-order valence-electron chi connectivity index (χ1n) is 11.2. The molecule has 35 heavy (non-hydrogen) atoms. The third kappa shape index (κ3) is 8.40. The van der Waals surface area contributed by atoms with Crippen LogP contribution in [0.15, 0.2) is 42.5 Å². The largest absolute Gasteiger partial charge is 0.350 e. The quantitative estimate of drug-likeness (QED) is 0.494. The Bertz CT molecular complexity index is 1160. The number of anilines is 1. The van der Waals surface area contributed by atoms with E-state index >= 15 is 0 Å². The fourth-order valence-corrected chi connectivity index (χ4v) is 4.82. The normalized spacial score (nSPS) is 12.7. The van der Waals surface area contributed by atoms with Crippen LogP contribution in [0.4, 0.5) is 5.69 Å². The van der Waals surface area contributed by atoms with E-state index in [4.69, 9.17) is 23.2 Å². The monoisotopic (exact) mass is 541 g/mol. The van der Waals surface area contributed by atoms with Crippen LogP contribution in [0, 0.1) is 6.92 Å². The van der Waals surface area contributed by atoms with Crippen LogP contribution in [0.3, 0.4) is 0 Å². The molecule has 2 aromatic rings. The predicted molar refractivity (Wildman–Crippen MR) is 142 cm³/mol. The molecule has 0 aliphatic carbocycles. The molecule has 1 atom stereocenters. The Morgan fingerprint density at radius 1 is 1.06 bits per heavy atom. The van der Waals surface area contributed by atoms with Crippen molar-refractivity contribution < 1.29 is 18.0 Å². The van der Waals surface area contributed by atoms with Gasteiger partial charge in [0.15, 0.2) is 0 Å². The third-order valence-electron chi connectivity index (χ3n) is 5.21. The van der Waals surface area contributed by atoms with Crippen molar-refractivity contribution in [1.29, 1.82) is 0 Å². The van der Waals surface area contributed by atoms with Crippen LogP contribution < -0.4 is 9.62 Å². The van der Waals surface area contributed by atoms with E-state index in [0.29, 0.717) is 6.42 Å². The summed E-state index contributed by atoms with van der Waals surface area (Å²) in [5.74, 6) is -0.852. The second-order valence-corrected chi connectivity index (χ2v) is 12.3. The van der Waals surface area contributed by atoms with Gasteiger partial charge in [-0.25, -0.2) is 8.42 Å². The Labute approximate surface area is 218 Å². The van der Waals surface area contributed by atoms with Crippen LogP contribution in [0.5, 0.6) is 0 Å². The molecule has 0 aliphatic heterocycles. The van der Waals surface area contributed by atoms with E-state index in [2.05, 4.69) is 5.32 Å². The second-order valence-electron chi connectivity index (χ2n) is 9.54. The van der Waals surface area contributed by atoms with Gasteiger partial charge in [0.05, 0.1) is 17.0 Å². The van der Waals surface area contributed by atoms with Crippen molar-refractivity contribution in [2.24, 2.45) is 0 Å². The molecule has 0 unspecified atom stereocenters. The summed E-state index contributed by atoms with van der Waals surface area (Å²) >= 11 is 12.3. The van der Waals surface area contributed by atoms with E-state index in [9.17, 15) is 18.0 Å². The SMILES string of the molecule is CC[C@H](C(=O)NC(C)(C)C)N(Cc1ccc(C)cc1)C(=O)CN(c1cc(Cl)ccc1Cl)S(C)(=O)=O. The molecule has 10 heteroatoms. The maximum atomic E-state index is 13.7. The molecule has 2 rings (SSSR count). The molecular formula is C25H33Cl2N3O4S. The van der Waals surface area contributed by atoms with Crippen molar-refractivity contribution in [1.82, 2.24) is 10.2 Å². The number of sulfonamides is 1. The Morgan fingerprint density at radius 3 is 2.17 bits per heavy atom. The number of nitrogens with zero attached hydrogens (tertiary/aromatic N) is 2. The Kier molecular flexibility index (Phi) is 9.62. The van der Waals surface area contributed by atoms with Crippen LogP contribution in [-0.2, 0) is 26.2 Å². The summed E-state index contributed by atoms with van der Waals surface area (Å²) in [6.45, 7) is 8.94. The van der Waals surface area contributed by atoms with Crippen molar-refractivity contribution >= 4 is 50.7 Å². The van der Waals surface area contributed by atoms with Gasteiger partial charge in [-0.05, 0) is 57.9 Å². The summed E-state index contributed by atoms with van der Waals surface area (Å²) in [6, 6.07) is 11.2. The molecule has 0 aliphatic rings. The number of carbonyl (C=O) groups is 2.